The predicted molar refractivity (Wildman–Crippen MR) is 132 cm³/mol. The van der Waals surface area contributed by atoms with Crippen LogP contribution in [0.15, 0.2) is 42.5 Å². The minimum atomic E-state index is 0. The molecule has 28 heavy (non-hydrogen) atoms. The number of hydrogen-bond donors (Lipinski definition) is 0. The smallest absolute Gasteiger partial charge is 0.358 e. The van der Waals surface area contributed by atoms with Crippen LogP contribution in [0.5, 0.6) is 0 Å². The summed E-state index contributed by atoms with van der Waals surface area (Å²) >= 11 is 0. The van der Waals surface area contributed by atoms with E-state index in [1.165, 1.54) is 27.5 Å². The molecule has 0 fully saturated rings. The summed E-state index contributed by atoms with van der Waals surface area (Å²) in [4.78, 5) is 0. The molecule has 2 aromatic carbocycles. The number of allylic oxidation sites excluding steroid dienone is 4. The first-order valence-corrected chi connectivity index (χ1v) is 8.91. The van der Waals surface area contributed by atoms with Crippen LogP contribution in [0.3, 0.4) is 0 Å². The van der Waals surface area contributed by atoms with Gasteiger partial charge in [-0.15, -0.1) is 59.7 Å². The van der Waals surface area contributed by atoms with Gasteiger partial charge in [0.2, 0.25) is 0 Å². The summed E-state index contributed by atoms with van der Waals surface area (Å²) in [6.07, 6.45) is 10.0. The van der Waals surface area contributed by atoms with E-state index in [1.54, 1.807) is 0 Å². The monoisotopic (exact) mass is 513 g/mol. The second kappa shape index (κ2) is 20.3. The molecule has 0 unspecified atom stereocenters. The van der Waals surface area contributed by atoms with Gasteiger partial charge in [-0.1, -0.05) is 65.7 Å². The standard InChI is InChI=1S/C16H21.C5H5.C2H6.CH3.2ClH.Si.Zr/c1-10(2)13-8-14-6-12(5)7-16(14)15(9-13)11(3)4;1-2-4-5-3-1;1-2;;;;;/h6-11H,1-5H3;1-3H,4H2;1-2H3;1H3;2*1H;;/q2*-1;;-1;;;;+3. The number of benzene rings is 1. The van der Waals surface area contributed by atoms with Crippen LogP contribution in [0.1, 0.15) is 76.5 Å². The minimum Gasteiger partial charge on any atom is -0.358 e. The van der Waals surface area contributed by atoms with Crippen molar-refractivity contribution in [2.75, 3.05) is 0 Å². The van der Waals surface area contributed by atoms with Crippen molar-refractivity contribution in [2.45, 2.75) is 66.7 Å². The van der Waals surface area contributed by atoms with E-state index in [-0.39, 0.29) is 69.4 Å². The van der Waals surface area contributed by atoms with Crippen molar-refractivity contribution in [3.8, 4) is 0 Å². The maximum Gasteiger partial charge on any atom is 3.00 e. The van der Waals surface area contributed by atoms with Gasteiger partial charge >= 0.3 is 26.2 Å². The summed E-state index contributed by atoms with van der Waals surface area (Å²) in [7, 11) is 0. The maximum absolute atomic E-state index is 2.99. The van der Waals surface area contributed by atoms with Crippen LogP contribution < -0.4 is 0 Å². The second-order valence-electron chi connectivity index (χ2n) is 6.46. The Labute approximate surface area is 211 Å². The summed E-state index contributed by atoms with van der Waals surface area (Å²) in [5.74, 6) is 1.21. The number of halogens is 2. The van der Waals surface area contributed by atoms with Crippen molar-refractivity contribution in [3.63, 3.8) is 0 Å². The minimum absolute atomic E-state index is 0. The Morgan fingerprint density at radius 1 is 0.964 bits per heavy atom. The predicted octanol–water partition coefficient (Wildman–Crippen LogP) is 8.36. The molecule has 1 aliphatic rings. The average Bonchev–Trinajstić information content (AvgIpc) is 3.19. The van der Waals surface area contributed by atoms with Gasteiger partial charge in [-0.25, -0.2) is 12.2 Å². The number of aryl methyl sites for hydroxylation is 1. The van der Waals surface area contributed by atoms with Gasteiger partial charge in [0.25, 0.3) is 0 Å². The van der Waals surface area contributed by atoms with Gasteiger partial charge in [0, 0.05) is 11.0 Å². The molecule has 0 aliphatic heterocycles. The van der Waals surface area contributed by atoms with Gasteiger partial charge < -0.3 is 7.43 Å². The fourth-order valence-corrected chi connectivity index (χ4v) is 2.67. The molecule has 3 rings (SSSR count). The first-order valence-electron chi connectivity index (χ1n) is 8.91. The summed E-state index contributed by atoms with van der Waals surface area (Å²) in [5.41, 5.74) is 4.33. The summed E-state index contributed by atoms with van der Waals surface area (Å²) in [6.45, 7) is 15.3. The summed E-state index contributed by atoms with van der Waals surface area (Å²) in [5, 5.41) is 2.85. The van der Waals surface area contributed by atoms with Crippen molar-refractivity contribution in [1.29, 1.82) is 0 Å². The molecular weight excluding hydrogens is 478 g/mol. The molecule has 0 N–H and O–H groups in total. The van der Waals surface area contributed by atoms with E-state index in [1.807, 2.05) is 26.0 Å². The van der Waals surface area contributed by atoms with E-state index < -0.39 is 0 Å². The van der Waals surface area contributed by atoms with Gasteiger partial charge in [-0.05, 0) is 11.8 Å². The molecule has 0 atom stereocenters. The molecule has 0 heterocycles. The van der Waals surface area contributed by atoms with E-state index in [0.29, 0.717) is 11.8 Å². The third-order valence-electron chi connectivity index (χ3n) is 3.90. The Balaban J connectivity index is -0.000000128. The normalized spacial score (nSPS) is 10.2. The van der Waals surface area contributed by atoms with Crippen LogP contribution in [-0.4, -0.2) is 11.0 Å². The Morgan fingerprint density at radius 2 is 1.54 bits per heavy atom. The molecule has 2 aromatic rings. The quantitative estimate of drug-likeness (QED) is 0.278. The zero-order chi connectivity index (χ0) is 17.4. The number of fused-ring (bicyclic) bond motifs is 1. The number of hydrogen-bond acceptors (Lipinski definition) is 0. The maximum atomic E-state index is 2.99. The topological polar surface area (TPSA) is 0 Å². The van der Waals surface area contributed by atoms with Crippen LogP contribution in [0, 0.1) is 20.4 Å². The Kier molecular flexibility index (Phi) is 27.9. The van der Waals surface area contributed by atoms with E-state index in [4.69, 9.17) is 0 Å². The Hall–Kier alpha value is -0.0100. The molecule has 0 aromatic heterocycles. The fraction of sp³-hybridized carbons (Fsp3) is 0.417. The van der Waals surface area contributed by atoms with Crippen molar-refractivity contribution >= 4 is 46.6 Å². The fourth-order valence-electron chi connectivity index (χ4n) is 2.67. The Morgan fingerprint density at radius 3 is 1.89 bits per heavy atom. The average molecular weight is 516 g/mol. The molecule has 0 saturated carbocycles. The van der Waals surface area contributed by atoms with Crippen molar-refractivity contribution in [1.82, 2.24) is 0 Å². The van der Waals surface area contributed by atoms with Gasteiger partial charge in [0.15, 0.2) is 0 Å². The summed E-state index contributed by atoms with van der Waals surface area (Å²) in [6, 6.07) is 9.35. The third kappa shape index (κ3) is 11.9. The first kappa shape index (κ1) is 38.6. The molecule has 0 saturated heterocycles. The molecule has 155 valence electrons. The van der Waals surface area contributed by atoms with Crippen LogP contribution in [0.2, 0.25) is 0 Å². The zero-order valence-electron chi connectivity index (χ0n) is 18.7. The second-order valence-corrected chi connectivity index (χ2v) is 6.46. The largest absolute Gasteiger partial charge is 3.00 e. The molecule has 0 nitrogen and oxygen atoms in total. The van der Waals surface area contributed by atoms with Gasteiger partial charge in [0.1, 0.15) is 0 Å². The van der Waals surface area contributed by atoms with E-state index in [0.717, 1.165) is 6.42 Å². The molecule has 0 amide bonds. The van der Waals surface area contributed by atoms with E-state index in [9.17, 15) is 0 Å². The van der Waals surface area contributed by atoms with E-state index >= 15 is 0 Å². The van der Waals surface area contributed by atoms with Crippen molar-refractivity contribution in [2.24, 2.45) is 0 Å². The van der Waals surface area contributed by atoms with Gasteiger partial charge in [0.05, 0.1) is 0 Å². The first-order chi connectivity index (χ1) is 11.0. The SMILES string of the molecule is CC.Cc1cc2c(C(C)C)cc(C(C)C)cc2[cH-]1.Cl.Cl.[C-]1=CC=CC1.[CH3-].[Si].[Zr+3]. The van der Waals surface area contributed by atoms with Crippen molar-refractivity contribution in [3.05, 3.63) is 72.7 Å². The molecule has 5 radical (unpaired) electrons. The van der Waals surface area contributed by atoms with Gasteiger partial charge in [-0.3, -0.25) is 6.08 Å². The van der Waals surface area contributed by atoms with Crippen LogP contribution in [0.4, 0.5) is 0 Å². The molecule has 0 spiro atoms. The van der Waals surface area contributed by atoms with Crippen molar-refractivity contribution < 1.29 is 26.2 Å². The van der Waals surface area contributed by atoms with Crippen LogP contribution in [0.25, 0.3) is 10.8 Å². The summed E-state index contributed by atoms with van der Waals surface area (Å²) < 4.78 is 0. The molecule has 1 aliphatic carbocycles. The molecular formula is C24H37Cl2SiZr. The Bertz CT molecular complexity index is 661. The molecule has 0 bridgehead atoms. The van der Waals surface area contributed by atoms with Crippen LogP contribution in [-0.2, 0) is 26.2 Å². The zero-order valence-corrected chi connectivity index (χ0v) is 23.8. The van der Waals surface area contributed by atoms with Crippen LogP contribution >= 0.6 is 24.8 Å². The molecule has 4 heteroatoms. The van der Waals surface area contributed by atoms with Gasteiger partial charge in [-0.2, -0.15) is 12.1 Å². The third-order valence-corrected chi connectivity index (χ3v) is 3.90. The van der Waals surface area contributed by atoms with E-state index in [2.05, 4.69) is 71.0 Å². The number of rotatable bonds is 2.